The van der Waals surface area contributed by atoms with Crippen molar-refractivity contribution in [3.8, 4) is 11.4 Å². The summed E-state index contributed by atoms with van der Waals surface area (Å²) in [5.74, 6) is 1.34. The fourth-order valence-corrected chi connectivity index (χ4v) is 3.67. The quantitative estimate of drug-likeness (QED) is 0.587. The van der Waals surface area contributed by atoms with Gasteiger partial charge in [-0.25, -0.2) is 14.8 Å². The standard InChI is InChI=1S/C21H24N4O3/c1-28-21(27)17-11-16-19(22-12-13-7-9-15(26)10-8-13)24-18(25-20(16)23-17)14-5-3-2-4-6-14/h2-6,11,13,15,26H,7-10,12H2,1H3,(H2,22,23,24,25). The van der Waals surface area contributed by atoms with E-state index in [2.05, 4.69) is 15.3 Å². The number of rotatable bonds is 5. The third kappa shape index (κ3) is 3.84. The van der Waals surface area contributed by atoms with Gasteiger partial charge in [-0.15, -0.1) is 0 Å². The third-order valence-corrected chi connectivity index (χ3v) is 5.30. The minimum atomic E-state index is -0.438. The molecule has 3 N–H and O–H groups in total. The van der Waals surface area contributed by atoms with Crippen LogP contribution < -0.4 is 5.32 Å². The summed E-state index contributed by atoms with van der Waals surface area (Å²) < 4.78 is 4.82. The summed E-state index contributed by atoms with van der Waals surface area (Å²) in [5.41, 5.74) is 1.85. The van der Waals surface area contributed by atoms with Gasteiger partial charge in [0, 0.05) is 12.1 Å². The molecule has 7 nitrogen and oxygen atoms in total. The van der Waals surface area contributed by atoms with Crippen LogP contribution in [0.1, 0.15) is 36.2 Å². The highest BCUT2D eigenvalue weighted by Gasteiger charge is 2.21. The number of carbonyl (C=O) groups is 1. The largest absolute Gasteiger partial charge is 0.464 e. The summed E-state index contributed by atoms with van der Waals surface area (Å²) >= 11 is 0. The Morgan fingerprint density at radius 2 is 1.96 bits per heavy atom. The molecule has 1 aromatic carbocycles. The van der Waals surface area contributed by atoms with Crippen molar-refractivity contribution in [2.75, 3.05) is 19.0 Å². The van der Waals surface area contributed by atoms with Gasteiger partial charge in [0.15, 0.2) is 5.82 Å². The molecular formula is C21H24N4O3. The molecule has 0 saturated heterocycles. The number of aromatic nitrogens is 3. The van der Waals surface area contributed by atoms with Gasteiger partial charge >= 0.3 is 5.97 Å². The molecule has 0 bridgehead atoms. The molecule has 4 rings (SSSR count). The number of nitrogens with one attached hydrogen (secondary N) is 2. The van der Waals surface area contributed by atoms with Gasteiger partial charge in [-0.1, -0.05) is 30.3 Å². The molecule has 2 aromatic heterocycles. The molecule has 2 heterocycles. The molecule has 28 heavy (non-hydrogen) atoms. The summed E-state index contributed by atoms with van der Waals surface area (Å²) in [6.45, 7) is 0.770. The molecule has 1 fully saturated rings. The van der Waals surface area contributed by atoms with E-state index in [0.29, 0.717) is 28.9 Å². The van der Waals surface area contributed by atoms with E-state index in [1.807, 2.05) is 30.3 Å². The second-order valence-corrected chi connectivity index (χ2v) is 7.25. The molecule has 0 atom stereocenters. The summed E-state index contributed by atoms with van der Waals surface area (Å²) in [5, 5.41) is 13.9. The Labute approximate surface area is 163 Å². The average molecular weight is 380 g/mol. The highest BCUT2D eigenvalue weighted by atomic mass is 16.5. The Morgan fingerprint density at radius 1 is 1.21 bits per heavy atom. The van der Waals surface area contributed by atoms with Crippen LogP contribution >= 0.6 is 0 Å². The number of esters is 1. The Balaban J connectivity index is 1.67. The number of carbonyl (C=O) groups excluding carboxylic acids is 1. The number of hydrogen-bond donors (Lipinski definition) is 3. The Kier molecular flexibility index (Phi) is 5.25. The monoisotopic (exact) mass is 380 g/mol. The van der Waals surface area contributed by atoms with Crippen molar-refractivity contribution >= 4 is 22.8 Å². The van der Waals surface area contributed by atoms with Gasteiger partial charge in [-0.2, -0.15) is 0 Å². The molecule has 0 amide bonds. The van der Waals surface area contributed by atoms with Crippen molar-refractivity contribution < 1.29 is 14.6 Å². The Morgan fingerprint density at radius 3 is 2.68 bits per heavy atom. The van der Waals surface area contributed by atoms with Crippen LogP contribution in [-0.2, 0) is 4.74 Å². The predicted octanol–water partition coefficient (Wildman–Crippen LogP) is 3.37. The molecular weight excluding hydrogens is 356 g/mol. The molecule has 1 aliphatic carbocycles. The van der Waals surface area contributed by atoms with Crippen molar-refractivity contribution in [1.82, 2.24) is 15.0 Å². The van der Waals surface area contributed by atoms with Gasteiger partial charge in [0.2, 0.25) is 0 Å². The van der Waals surface area contributed by atoms with Gasteiger partial charge in [0.25, 0.3) is 0 Å². The average Bonchev–Trinajstić information content (AvgIpc) is 3.17. The van der Waals surface area contributed by atoms with E-state index >= 15 is 0 Å². The first-order valence-corrected chi connectivity index (χ1v) is 9.60. The van der Waals surface area contributed by atoms with E-state index in [-0.39, 0.29) is 6.10 Å². The van der Waals surface area contributed by atoms with Crippen LogP contribution in [0.3, 0.4) is 0 Å². The molecule has 7 heteroatoms. The molecule has 1 aliphatic rings. The number of anilines is 1. The minimum Gasteiger partial charge on any atom is -0.464 e. The first-order valence-electron chi connectivity index (χ1n) is 9.60. The number of ether oxygens (including phenoxy) is 1. The normalized spacial score (nSPS) is 19.5. The van der Waals surface area contributed by atoms with Gasteiger partial charge in [-0.3, -0.25) is 0 Å². The zero-order valence-electron chi connectivity index (χ0n) is 15.8. The van der Waals surface area contributed by atoms with Crippen LogP contribution in [0, 0.1) is 5.92 Å². The van der Waals surface area contributed by atoms with Crippen LogP contribution in [0.2, 0.25) is 0 Å². The van der Waals surface area contributed by atoms with E-state index in [1.54, 1.807) is 6.07 Å². The van der Waals surface area contributed by atoms with Crippen molar-refractivity contribution in [3.63, 3.8) is 0 Å². The van der Waals surface area contributed by atoms with Crippen LogP contribution in [-0.4, -0.2) is 45.8 Å². The zero-order valence-corrected chi connectivity index (χ0v) is 15.8. The number of methoxy groups -OCH3 is 1. The van der Waals surface area contributed by atoms with Crippen LogP contribution in [0.5, 0.6) is 0 Å². The van der Waals surface area contributed by atoms with Crippen molar-refractivity contribution in [3.05, 3.63) is 42.1 Å². The Bertz CT molecular complexity index is 962. The number of benzene rings is 1. The fraction of sp³-hybridized carbons (Fsp3) is 0.381. The number of aromatic amines is 1. The highest BCUT2D eigenvalue weighted by molar-refractivity contribution is 5.98. The number of aliphatic hydroxyl groups excluding tert-OH is 1. The van der Waals surface area contributed by atoms with Crippen molar-refractivity contribution in [2.24, 2.45) is 5.92 Å². The third-order valence-electron chi connectivity index (χ3n) is 5.30. The van der Waals surface area contributed by atoms with Gasteiger partial charge in [0.1, 0.15) is 17.2 Å². The van der Waals surface area contributed by atoms with E-state index in [4.69, 9.17) is 9.72 Å². The first-order chi connectivity index (χ1) is 13.6. The second kappa shape index (κ2) is 7.98. The van der Waals surface area contributed by atoms with E-state index < -0.39 is 5.97 Å². The maximum Gasteiger partial charge on any atom is 0.354 e. The summed E-state index contributed by atoms with van der Waals surface area (Å²) in [7, 11) is 1.35. The lowest BCUT2D eigenvalue weighted by Crippen LogP contribution is -2.23. The lowest BCUT2D eigenvalue weighted by molar-refractivity contribution is 0.0595. The van der Waals surface area contributed by atoms with Gasteiger partial charge < -0.3 is 20.1 Å². The molecule has 0 radical (unpaired) electrons. The zero-order chi connectivity index (χ0) is 19.5. The van der Waals surface area contributed by atoms with Crippen LogP contribution in [0.15, 0.2) is 36.4 Å². The smallest absolute Gasteiger partial charge is 0.354 e. The minimum absolute atomic E-state index is 0.168. The SMILES string of the molecule is COC(=O)c1cc2c(NCC3CCC(O)CC3)nc(-c3ccccc3)nc2[nH]1. The molecule has 0 unspecified atom stereocenters. The summed E-state index contributed by atoms with van der Waals surface area (Å²) in [6, 6.07) is 11.5. The van der Waals surface area contributed by atoms with E-state index in [0.717, 1.165) is 43.2 Å². The Hall–Kier alpha value is -2.93. The number of H-pyrrole nitrogens is 1. The second-order valence-electron chi connectivity index (χ2n) is 7.25. The lowest BCUT2D eigenvalue weighted by Gasteiger charge is -2.25. The van der Waals surface area contributed by atoms with Crippen molar-refractivity contribution in [2.45, 2.75) is 31.8 Å². The molecule has 146 valence electrons. The maximum absolute atomic E-state index is 11.9. The molecule has 0 spiro atoms. The number of nitrogens with zero attached hydrogens (tertiary/aromatic N) is 2. The predicted molar refractivity (Wildman–Crippen MR) is 107 cm³/mol. The fourth-order valence-electron chi connectivity index (χ4n) is 3.67. The molecule has 3 aromatic rings. The van der Waals surface area contributed by atoms with Crippen molar-refractivity contribution in [1.29, 1.82) is 0 Å². The number of fused-ring (bicyclic) bond motifs is 1. The lowest BCUT2D eigenvalue weighted by atomic mass is 9.87. The van der Waals surface area contributed by atoms with E-state index in [9.17, 15) is 9.90 Å². The summed E-state index contributed by atoms with van der Waals surface area (Å²) in [4.78, 5) is 24.3. The van der Waals surface area contributed by atoms with E-state index in [1.165, 1.54) is 7.11 Å². The van der Waals surface area contributed by atoms with Gasteiger partial charge in [-0.05, 0) is 37.7 Å². The number of aliphatic hydroxyl groups is 1. The topological polar surface area (TPSA) is 100 Å². The highest BCUT2D eigenvalue weighted by Crippen LogP contribution is 2.28. The maximum atomic E-state index is 11.9. The van der Waals surface area contributed by atoms with Gasteiger partial charge in [0.05, 0.1) is 18.6 Å². The van der Waals surface area contributed by atoms with Crippen LogP contribution in [0.25, 0.3) is 22.4 Å². The summed E-state index contributed by atoms with van der Waals surface area (Å²) in [6.07, 6.45) is 3.51. The molecule has 1 saturated carbocycles. The first kappa shape index (κ1) is 18.4. The molecule has 0 aliphatic heterocycles. The number of hydrogen-bond acceptors (Lipinski definition) is 6. The van der Waals surface area contributed by atoms with Crippen LogP contribution in [0.4, 0.5) is 5.82 Å².